The minimum atomic E-state index is -0.0268. The zero-order valence-electron chi connectivity index (χ0n) is 18.9. The van der Waals surface area contributed by atoms with E-state index < -0.39 is 0 Å². The highest BCUT2D eigenvalue weighted by atomic mass is 16.5. The highest BCUT2D eigenvalue weighted by molar-refractivity contribution is 5.94. The van der Waals surface area contributed by atoms with Gasteiger partial charge in [-0.05, 0) is 49.2 Å². The van der Waals surface area contributed by atoms with E-state index in [2.05, 4.69) is 22.1 Å². The Balaban J connectivity index is 1.29. The molecule has 4 heterocycles. The largest absolute Gasteiger partial charge is 0.761 e. The van der Waals surface area contributed by atoms with Gasteiger partial charge in [-0.2, -0.15) is 0 Å². The van der Waals surface area contributed by atoms with E-state index in [0.29, 0.717) is 30.2 Å². The van der Waals surface area contributed by atoms with Crippen LogP contribution in [-0.2, 0) is 0 Å². The van der Waals surface area contributed by atoms with Crippen molar-refractivity contribution in [3.63, 3.8) is 0 Å². The lowest BCUT2D eigenvalue weighted by atomic mass is 9.95. The average molecular weight is 467 g/mol. The summed E-state index contributed by atoms with van der Waals surface area (Å²) in [5, 5.41) is 11.9. The van der Waals surface area contributed by atoms with Gasteiger partial charge in [0.15, 0.2) is 0 Å². The Hall–Kier alpha value is -4.37. The molecule has 2 aromatic carbocycles. The summed E-state index contributed by atoms with van der Waals surface area (Å²) in [5.74, 6) is 1.52. The maximum atomic E-state index is 13.0. The first-order chi connectivity index (χ1) is 17.1. The molecule has 0 spiro atoms. The number of imidazole rings is 1. The Bertz CT molecular complexity index is 1500. The summed E-state index contributed by atoms with van der Waals surface area (Å²) in [5.41, 5.74) is 12.7. The summed E-state index contributed by atoms with van der Waals surface area (Å²) >= 11 is 0. The van der Waals surface area contributed by atoms with E-state index in [1.807, 2.05) is 39.2 Å². The minimum absolute atomic E-state index is 0.0268. The lowest BCUT2D eigenvalue weighted by Gasteiger charge is -2.31. The van der Waals surface area contributed by atoms with Crippen molar-refractivity contribution >= 4 is 33.8 Å². The number of para-hydroxylation sites is 1. The van der Waals surface area contributed by atoms with Crippen LogP contribution in [0.2, 0.25) is 0 Å². The lowest BCUT2D eigenvalue weighted by Crippen LogP contribution is -2.38. The first kappa shape index (κ1) is 21.2. The van der Waals surface area contributed by atoms with Crippen LogP contribution in [0, 0.1) is 5.21 Å². The molecule has 6 rings (SSSR count). The molecular weight excluding hydrogens is 442 g/mol. The van der Waals surface area contributed by atoms with Crippen LogP contribution in [0.5, 0.6) is 0 Å². The number of aromatic nitrogens is 4. The number of fused-ring (bicyclic) bond motifs is 2. The monoisotopic (exact) mass is 466 g/mol. The van der Waals surface area contributed by atoms with E-state index in [9.17, 15) is 10.0 Å². The number of carbonyl (C=O) groups excluding carboxylic acids is 1. The summed E-state index contributed by atoms with van der Waals surface area (Å²) in [7, 11) is 0. The number of nitrogen functional groups attached to an aromatic ring is 1. The van der Waals surface area contributed by atoms with Crippen molar-refractivity contribution in [1.29, 1.82) is 0 Å². The summed E-state index contributed by atoms with van der Waals surface area (Å²) in [4.78, 5) is 27.6. The maximum Gasteiger partial charge on any atom is 0.253 e. The van der Waals surface area contributed by atoms with Crippen LogP contribution in [0.25, 0.3) is 27.8 Å². The second kappa shape index (κ2) is 8.44. The van der Waals surface area contributed by atoms with E-state index in [4.69, 9.17) is 10.7 Å². The molecular formula is C26H24N7O2-. The van der Waals surface area contributed by atoms with Gasteiger partial charge in [-0.25, -0.2) is 9.97 Å². The first-order valence-electron chi connectivity index (χ1n) is 11.6. The molecule has 9 heteroatoms. The molecule has 0 radical (unpaired) electrons. The predicted octanol–water partition coefficient (Wildman–Crippen LogP) is 4.39. The standard InChI is InChI=1S/C26H24N7O2/c27-24-23-22(21-15-18-3-1-2-4-20(18)29-21)30-25(33(23)14-11-28-24)16-9-12-32(13-10-16)26(34)17-5-7-19(31-35)8-6-17/h1-8,11,14-16,29,31H,9-10,12-13H2,(H2,27,28)/q-1. The second-order valence-electron chi connectivity index (χ2n) is 8.87. The first-order valence-corrected chi connectivity index (χ1v) is 11.6. The van der Waals surface area contributed by atoms with E-state index in [-0.39, 0.29) is 11.8 Å². The molecule has 1 amide bonds. The van der Waals surface area contributed by atoms with Crippen LogP contribution < -0.4 is 11.2 Å². The maximum absolute atomic E-state index is 13.0. The number of amides is 1. The van der Waals surface area contributed by atoms with Crippen molar-refractivity contribution in [2.45, 2.75) is 18.8 Å². The third-order valence-corrected chi connectivity index (χ3v) is 6.79. The number of anilines is 2. The van der Waals surface area contributed by atoms with Gasteiger partial charge in [0, 0.05) is 53.6 Å². The Morgan fingerprint density at radius 3 is 2.63 bits per heavy atom. The van der Waals surface area contributed by atoms with Gasteiger partial charge in [0.25, 0.3) is 5.91 Å². The summed E-state index contributed by atoms with van der Waals surface area (Å²) < 4.78 is 2.04. The highest BCUT2D eigenvalue weighted by Crippen LogP contribution is 2.35. The molecule has 3 aromatic heterocycles. The Labute approximate surface area is 201 Å². The number of hydrogen-bond acceptors (Lipinski definition) is 6. The van der Waals surface area contributed by atoms with Crippen molar-refractivity contribution in [2.24, 2.45) is 0 Å². The number of piperidine rings is 1. The molecule has 176 valence electrons. The lowest BCUT2D eigenvalue weighted by molar-refractivity contribution is 0.0711. The number of nitrogens with two attached hydrogens (primary N) is 1. The van der Waals surface area contributed by atoms with Crippen LogP contribution in [0.15, 0.2) is 67.0 Å². The molecule has 0 bridgehead atoms. The molecule has 9 nitrogen and oxygen atoms in total. The SMILES string of the molecule is Nc1nccn2c(C3CCN(C(=O)c4ccc(N[O-])cc4)CC3)nc(-c3cc4ccccc4[nH]3)c12. The number of benzene rings is 2. The number of nitrogens with one attached hydrogen (secondary N) is 2. The third kappa shape index (κ3) is 3.66. The highest BCUT2D eigenvalue weighted by Gasteiger charge is 2.29. The fourth-order valence-corrected chi connectivity index (χ4v) is 4.97. The average Bonchev–Trinajstić information content (AvgIpc) is 3.51. The Morgan fingerprint density at radius 1 is 1.11 bits per heavy atom. The molecule has 1 aliphatic rings. The number of carbonyl (C=O) groups is 1. The van der Waals surface area contributed by atoms with Crippen LogP contribution in [-0.4, -0.2) is 43.2 Å². The van der Waals surface area contributed by atoms with Gasteiger partial charge in [-0.1, -0.05) is 18.2 Å². The van der Waals surface area contributed by atoms with Gasteiger partial charge in [-0.15, -0.1) is 0 Å². The number of rotatable bonds is 4. The molecule has 35 heavy (non-hydrogen) atoms. The van der Waals surface area contributed by atoms with E-state index in [1.165, 1.54) is 0 Å². The Kier molecular flexibility index (Phi) is 5.11. The van der Waals surface area contributed by atoms with Gasteiger partial charge >= 0.3 is 0 Å². The van der Waals surface area contributed by atoms with Crippen molar-refractivity contribution in [1.82, 2.24) is 24.3 Å². The van der Waals surface area contributed by atoms with E-state index >= 15 is 0 Å². The number of H-pyrrole nitrogens is 1. The summed E-state index contributed by atoms with van der Waals surface area (Å²) in [6.07, 6.45) is 5.18. The van der Waals surface area contributed by atoms with E-state index in [1.54, 1.807) is 30.5 Å². The smallest absolute Gasteiger partial charge is 0.253 e. The van der Waals surface area contributed by atoms with Gasteiger partial charge in [-0.3, -0.25) is 9.20 Å². The van der Waals surface area contributed by atoms with Crippen LogP contribution >= 0.6 is 0 Å². The fourth-order valence-electron chi connectivity index (χ4n) is 4.97. The van der Waals surface area contributed by atoms with Gasteiger partial charge in [0.2, 0.25) is 0 Å². The van der Waals surface area contributed by atoms with Gasteiger partial charge < -0.3 is 26.3 Å². The quantitative estimate of drug-likeness (QED) is 0.337. The predicted molar refractivity (Wildman–Crippen MR) is 136 cm³/mol. The topological polar surface area (TPSA) is 127 Å². The number of likely N-dealkylation sites (tertiary alicyclic amines) is 1. The molecule has 0 atom stereocenters. The number of aromatic amines is 1. The van der Waals surface area contributed by atoms with Crippen molar-refractivity contribution in [3.05, 3.63) is 83.6 Å². The van der Waals surface area contributed by atoms with Crippen molar-refractivity contribution < 1.29 is 4.79 Å². The number of hydrogen-bond donors (Lipinski definition) is 3. The molecule has 4 N–H and O–H groups in total. The zero-order valence-corrected chi connectivity index (χ0v) is 18.9. The van der Waals surface area contributed by atoms with Crippen molar-refractivity contribution in [3.8, 4) is 11.4 Å². The molecule has 0 saturated carbocycles. The van der Waals surface area contributed by atoms with E-state index in [0.717, 1.165) is 46.5 Å². The summed E-state index contributed by atoms with van der Waals surface area (Å²) in [6.45, 7) is 1.25. The molecule has 1 saturated heterocycles. The molecule has 0 aliphatic carbocycles. The normalized spacial score (nSPS) is 14.6. The number of nitrogens with zero attached hydrogens (tertiary/aromatic N) is 4. The third-order valence-electron chi connectivity index (χ3n) is 6.79. The molecule has 0 unspecified atom stereocenters. The second-order valence-corrected chi connectivity index (χ2v) is 8.87. The van der Waals surface area contributed by atoms with Crippen LogP contribution in [0.4, 0.5) is 11.5 Å². The molecule has 1 fully saturated rings. The molecule has 1 aliphatic heterocycles. The van der Waals surface area contributed by atoms with Crippen molar-refractivity contribution in [2.75, 3.05) is 24.3 Å². The zero-order chi connectivity index (χ0) is 23.9. The van der Waals surface area contributed by atoms with Gasteiger partial charge in [0.1, 0.15) is 22.9 Å². The molecule has 5 aromatic rings. The minimum Gasteiger partial charge on any atom is -0.761 e. The van der Waals surface area contributed by atoms with Crippen LogP contribution in [0.3, 0.4) is 0 Å². The van der Waals surface area contributed by atoms with Crippen LogP contribution in [0.1, 0.15) is 34.9 Å². The van der Waals surface area contributed by atoms with Gasteiger partial charge in [0.05, 0.1) is 5.69 Å². The Morgan fingerprint density at radius 2 is 1.89 bits per heavy atom. The fraction of sp³-hybridized carbons (Fsp3) is 0.192. The summed E-state index contributed by atoms with van der Waals surface area (Å²) in [6, 6.07) is 16.8.